The van der Waals surface area contributed by atoms with E-state index in [2.05, 4.69) is 5.10 Å². The Morgan fingerprint density at radius 1 is 1.11 bits per heavy atom. The maximum absolute atomic E-state index is 12.4. The number of hydrogen-bond acceptors (Lipinski definition) is 8. The van der Waals surface area contributed by atoms with Crippen molar-refractivity contribution in [2.75, 3.05) is 27.0 Å². The number of benzene rings is 1. The molecule has 0 aliphatic carbocycles. The first-order chi connectivity index (χ1) is 18.1. The van der Waals surface area contributed by atoms with Crippen LogP contribution in [0, 0.1) is 0 Å². The van der Waals surface area contributed by atoms with E-state index in [-0.39, 0.29) is 19.3 Å². The van der Waals surface area contributed by atoms with Crippen LogP contribution in [0.25, 0.3) is 33.2 Å². The van der Waals surface area contributed by atoms with Crippen molar-refractivity contribution in [3.05, 3.63) is 48.3 Å². The molecule has 10 nitrogen and oxygen atoms in total. The fourth-order valence-electron chi connectivity index (χ4n) is 4.77. The van der Waals surface area contributed by atoms with E-state index < -0.39 is 17.8 Å². The highest BCUT2D eigenvalue weighted by Gasteiger charge is 2.34. The molecule has 4 aromatic rings. The summed E-state index contributed by atoms with van der Waals surface area (Å²) < 4.78 is 18.2. The van der Waals surface area contributed by atoms with Crippen LogP contribution in [0.5, 0.6) is 5.75 Å². The molecule has 10 heteroatoms. The van der Waals surface area contributed by atoms with Crippen LogP contribution in [0.1, 0.15) is 38.8 Å². The Kier molecular flexibility index (Phi) is 6.93. The van der Waals surface area contributed by atoms with Gasteiger partial charge in [0, 0.05) is 55.5 Å². The number of β-amino-alcohol motifs (C(OH)–C–C–N with tert-alkyl or cyclic N) is 1. The van der Waals surface area contributed by atoms with Crippen molar-refractivity contribution in [3.8, 4) is 17.0 Å². The first kappa shape index (κ1) is 25.9. The fourth-order valence-corrected chi connectivity index (χ4v) is 4.77. The number of aliphatic hydroxyl groups excluding tert-OH is 1. The van der Waals surface area contributed by atoms with Gasteiger partial charge in [0.1, 0.15) is 11.4 Å². The number of methoxy groups -OCH3 is 1. The second-order valence-electron chi connectivity index (χ2n) is 10.6. The van der Waals surface area contributed by atoms with Crippen LogP contribution in [0.3, 0.4) is 0 Å². The number of aryl methyl sites for hydroxylation is 1. The lowest BCUT2D eigenvalue weighted by Crippen LogP contribution is -2.47. The Balaban J connectivity index is 1.39. The summed E-state index contributed by atoms with van der Waals surface area (Å²) >= 11 is 0. The summed E-state index contributed by atoms with van der Waals surface area (Å²) in [6.45, 7) is 6.30. The summed E-state index contributed by atoms with van der Waals surface area (Å²) in [4.78, 5) is 23.7. The molecular formula is C28H33N5O5. The Labute approximate surface area is 221 Å². The van der Waals surface area contributed by atoms with Gasteiger partial charge in [0.25, 0.3) is 0 Å². The lowest BCUT2D eigenvalue weighted by atomic mass is 9.90. The van der Waals surface area contributed by atoms with Crippen molar-refractivity contribution >= 4 is 28.0 Å². The molecule has 0 spiro atoms. The van der Waals surface area contributed by atoms with Crippen molar-refractivity contribution in [2.45, 2.75) is 44.8 Å². The van der Waals surface area contributed by atoms with Crippen LogP contribution in [0.2, 0.25) is 0 Å². The minimum Gasteiger partial charge on any atom is -0.467 e. The molecule has 1 amide bonds. The van der Waals surface area contributed by atoms with Crippen LogP contribution in [0.15, 0.2) is 42.6 Å². The molecule has 5 rings (SSSR count). The molecule has 3 aromatic heterocycles. The van der Waals surface area contributed by atoms with Gasteiger partial charge in [-0.3, -0.25) is 9.67 Å². The average Bonchev–Trinajstić information content (AvgIpc) is 3.24. The van der Waals surface area contributed by atoms with E-state index in [0.29, 0.717) is 18.7 Å². The van der Waals surface area contributed by atoms with Crippen LogP contribution < -0.4 is 4.74 Å². The quantitative estimate of drug-likeness (QED) is 0.390. The predicted octanol–water partition coefficient (Wildman–Crippen LogP) is 4.25. The van der Waals surface area contributed by atoms with E-state index in [1.54, 1.807) is 16.7 Å². The number of pyridine rings is 2. The van der Waals surface area contributed by atoms with Gasteiger partial charge in [-0.2, -0.15) is 5.10 Å². The van der Waals surface area contributed by atoms with E-state index in [1.807, 2.05) is 70.4 Å². The third-order valence-electron chi connectivity index (χ3n) is 6.51. The summed E-state index contributed by atoms with van der Waals surface area (Å²) in [7, 11) is 3.46. The zero-order valence-corrected chi connectivity index (χ0v) is 22.3. The lowest BCUT2D eigenvalue weighted by molar-refractivity contribution is -0.00188. The molecule has 1 N–H and O–H groups in total. The van der Waals surface area contributed by atoms with Gasteiger partial charge in [0.15, 0.2) is 6.79 Å². The zero-order valence-electron chi connectivity index (χ0n) is 22.3. The highest BCUT2D eigenvalue weighted by Crippen LogP contribution is 2.35. The molecule has 200 valence electrons. The van der Waals surface area contributed by atoms with E-state index in [0.717, 1.165) is 38.9 Å². The van der Waals surface area contributed by atoms with Gasteiger partial charge in [-0.05, 0) is 57.5 Å². The minimum absolute atomic E-state index is 0.110. The highest BCUT2D eigenvalue weighted by molar-refractivity contribution is 5.88. The number of aromatic nitrogens is 4. The van der Waals surface area contributed by atoms with Gasteiger partial charge in [0.05, 0.1) is 34.9 Å². The van der Waals surface area contributed by atoms with Gasteiger partial charge < -0.3 is 24.2 Å². The monoisotopic (exact) mass is 519 g/mol. The number of nitrogens with zero attached hydrogens (tertiary/aromatic N) is 5. The zero-order chi connectivity index (χ0) is 27.0. The van der Waals surface area contributed by atoms with Gasteiger partial charge >= 0.3 is 6.09 Å². The lowest BCUT2D eigenvalue weighted by Gasteiger charge is -2.36. The Morgan fingerprint density at radius 2 is 1.87 bits per heavy atom. The molecule has 0 saturated carbocycles. The topological polar surface area (TPSA) is 112 Å². The fraction of sp³-hybridized carbons (Fsp3) is 0.429. The maximum Gasteiger partial charge on any atom is 0.410 e. The van der Waals surface area contributed by atoms with E-state index in [1.165, 1.54) is 0 Å². The van der Waals surface area contributed by atoms with Gasteiger partial charge in [-0.1, -0.05) is 0 Å². The third-order valence-corrected chi connectivity index (χ3v) is 6.51. The smallest absolute Gasteiger partial charge is 0.410 e. The molecule has 1 fully saturated rings. The molecule has 38 heavy (non-hydrogen) atoms. The van der Waals surface area contributed by atoms with Crippen LogP contribution in [-0.4, -0.2) is 74.5 Å². The third kappa shape index (κ3) is 5.41. The van der Waals surface area contributed by atoms with E-state index in [9.17, 15) is 9.90 Å². The number of fused-ring (bicyclic) bond motifs is 2. The normalized spacial score (nSPS) is 18.2. The number of ether oxygens (including phenoxy) is 3. The molecule has 0 radical (unpaired) electrons. The minimum atomic E-state index is -0.736. The Morgan fingerprint density at radius 3 is 2.61 bits per heavy atom. The first-order valence-corrected chi connectivity index (χ1v) is 12.6. The van der Waals surface area contributed by atoms with Crippen molar-refractivity contribution in [1.29, 1.82) is 0 Å². The standard InChI is InChI=1S/C28H33N5O5/c1-28(2,3)38-27(35)33-11-10-18(25(34)15-33)20-6-8-23-22(29-20)9-7-21(30-23)19-12-17-14-32(4)31-24(17)13-26(19)37-16-36-5/h6-9,12-14,18,25,34H,10-11,15-16H2,1-5H3/t18?,25-/m1/s1. The van der Waals surface area contributed by atoms with Crippen LogP contribution >= 0.6 is 0 Å². The summed E-state index contributed by atoms with van der Waals surface area (Å²) in [5, 5.41) is 16.3. The first-order valence-electron chi connectivity index (χ1n) is 12.6. The molecule has 2 atom stereocenters. The molecule has 1 aliphatic heterocycles. The van der Waals surface area contributed by atoms with Crippen molar-refractivity contribution < 1.29 is 24.1 Å². The van der Waals surface area contributed by atoms with Crippen LogP contribution in [0.4, 0.5) is 4.79 Å². The number of aliphatic hydroxyl groups is 1. The largest absolute Gasteiger partial charge is 0.467 e. The number of hydrogen-bond donors (Lipinski definition) is 1. The van der Waals surface area contributed by atoms with Crippen molar-refractivity contribution in [1.82, 2.24) is 24.6 Å². The highest BCUT2D eigenvalue weighted by atomic mass is 16.7. The van der Waals surface area contributed by atoms with Crippen molar-refractivity contribution in [2.24, 2.45) is 7.05 Å². The average molecular weight is 520 g/mol. The number of likely N-dealkylation sites (tertiary alicyclic amines) is 1. The van der Waals surface area contributed by atoms with E-state index >= 15 is 0 Å². The van der Waals surface area contributed by atoms with Crippen LogP contribution in [-0.2, 0) is 16.5 Å². The summed E-state index contributed by atoms with van der Waals surface area (Å²) in [5.74, 6) is 0.453. The molecule has 1 aliphatic rings. The number of piperidine rings is 1. The molecule has 1 aromatic carbocycles. The SMILES string of the molecule is COCOc1cc2nn(C)cc2cc1-c1ccc2nc(C3CCN(C(=O)OC(C)(C)C)C[C@H]3O)ccc2n1. The Bertz CT molecular complexity index is 1480. The number of rotatable bonds is 5. The number of amides is 1. The second kappa shape index (κ2) is 10.2. The molecule has 4 heterocycles. The predicted molar refractivity (Wildman–Crippen MR) is 143 cm³/mol. The Hall–Kier alpha value is -3.76. The summed E-state index contributed by atoms with van der Waals surface area (Å²) in [6, 6.07) is 11.6. The summed E-state index contributed by atoms with van der Waals surface area (Å²) in [5.41, 5.74) is 4.07. The number of carbonyl (C=O) groups excluding carboxylic acids is 1. The summed E-state index contributed by atoms with van der Waals surface area (Å²) in [6.07, 6.45) is 1.40. The second-order valence-corrected chi connectivity index (χ2v) is 10.6. The molecule has 0 bridgehead atoms. The van der Waals surface area contributed by atoms with Gasteiger partial charge in [-0.15, -0.1) is 0 Å². The van der Waals surface area contributed by atoms with Gasteiger partial charge in [-0.25, -0.2) is 9.78 Å². The van der Waals surface area contributed by atoms with Crippen molar-refractivity contribution in [3.63, 3.8) is 0 Å². The number of carbonyl (C=O) groups is 1. The molecule has 1 unspecified atom stereocenters. The molecular weight excluding hydrogens is 486 g/mol. The maximum atomic E-state index is 12.4. The van der Waals surface area contributed by atoms with Gasteiger partial charge in [0.2, 0.25) is 0 Å². The van der Waals surface area contributed by atoms with E-state index in [4.69, 9.17) is 24.2 Å². The molecule has 1 saturated heterocycles.